The quantitative estimate of drug-likeness (QED) is 0.501. The van der Waals surface area contributed by atoms with E-state index >= 15 is 0 Å². The Labute approximate surface area is 130 Å². The molecular weight excluding hydrogens is 308 g/mol. The number of benzene rings is 2. The molecule has 0 saturated heterocycles. The highest BCUT2D eigenvalue weighted by atomic mass is 19.1. The van der Waals surface area contributed by atoms with Crippen molar-refractivity contribution in [2.75, 3.05) is 18.5 Å². The number of nitro groups is 1. The molecule has 0 radical (unpaired) electrons. The van der Waals surface area contributed by atoms with Crippen LogP contribution >= 0.6 is 0 Å². The van der Waals surface area contributed by atoms with Crippen LogP contribution in [0.5, 0.6) is 5.75 Å². The fourth-order valence-electron chi connectivity index (χ4n) is 1.84. The van der Waals surface area contributed by atoms with Crippen molar-refractivity contribution in [2.45, 2.75) is 0 Å². The molecule has 0 spiro atoms. The molecule has 2 aromatic rings. The Bertz CT molecular complexity index is 775. The van der Waals surface area contributed by atoms with Gasteiger partial charge < -0.3 is 10.1 Å². The first-order valence-corrected chi connectivity index (χ1v) is 6.51. The van der Waals surface area contributed by atoms with Crippen LogP contribution in [0.25, 0.3) is 0 Å². The minimum atomic E-state index is -0.825. The van der Waals surface area contributed by atoms with Crippen LogP contribution in [0.15, 0.2) is 36.4 Å². The van der Waals surface area contributed by atoms with E-state index in [0.29, 0.717) is 6.07 Å². The molecule has 2 rings (SSSR count). The van der Waals surface area contributed by atoms with Crippen LogP contribution in [-0.2, 0) is 0 Å². The van der Waals surface area contributed by atoms with E-state index in [1.54, 1.807) is 0 Å². The van der Waals surface area contributed by atoms with Gasteiger partial charge in [-0.3, -0.25) is 10.1 Å². The van der Waals surface area contributed by atoms with Gasteiger partial charge in [-0.05, 0) is 24.3 Å². The topological polar surface area (TPSA) is 88.2 Å². The molecule has 0 atom stereocenters. The monoisotopic (exact) mass is 319 g/mol. The van der Waals surface area contributed by atoms with Gasteiger partial charge in [0.1, 0.15) is 18.1 Å². The summed E-state index contributed by atoms with van der Waals surface area (Å²) < 4.78 is 31.2. The minimum Gasteiger partial charge on any atom is -0.489 e. The molecule has 0 unspecified atom stereocenters. The zero-order chi connectivity index (χ0) is 16.8. The average Bonchev–Trinajstić information content (AvgIpc) is 2.53. The Morgan fingerprint density at radius 1 is 1.26 bits per heavy atom. The van der Waals surface area contributed by atoms with E-state index in [1.807, 2.05) is 6.07 Å². The fraction of sp³-hybridized carbons (Fsp3) is 0.133. The van der Waals surface area contributed by atoms with Gasteiger partial charge in [0.2, 0.25) is 0 Å². The van der Waals surface area contributed by atoms with Crippen LogP contribution in [-0.4, -0.2) is 18.1 Å². The smallest absolute Gasteiger partial charge is 0.293 e. The van der Waals surface area contributed by atoms with Crippen molar-refractivity contribution in [3.63, 3.8) is 0 Å². The predicted octanol–water partition coefficient (Wildman–Crippen LogP) is 3.24. The van der Waals surface area contributed by atoms with Crippen molar-refractivity contribution in [3.05, 3.63) is 63.7 Å². The van der Waals surface area contributed by atoms with Crippen molar-refractivity contribution in [1.29, 1.82) is 5.26 Å². The maximum Gasteiger partial charge on any atom is 0.293 e. The van der Waals surface area contributed by atoms with Crippen molar-refractivity contribution >= 4 is 11.4 Å². The van der Waals surface area contributed by atoms with Gasteiger partial charge in [-0.1, -0.05) is 0 Å². The molecule has 0 aliphatic heterocycles. The predicted molar refractivity (Wildman–Crippen MR) is 78.2 cm³/mol. The highest BCUT2D eigenvalue weighted by Gasteiger charge is 2.14. The zero-order valence-electron chi connectivity index (χ0n) is 11.8. The summed E-state index contributed by atoms with van der Waals surface area (Å²) in [5.41, 5.74) is 0.154. The molecule has 1 N–H and O–H groups in total. The lowest BCUT2D eigenvalue weighted by Crippen LogP contribution is -2.13. The molecule has 0 saturated carbocycles. The number of halogens is 2. The molecule has 0 heterocycles. The summed E-state index contributed by atoms with van der Waals surface area (Å²) in [7, 11) is 0. The molecule has 0 aliphatic rings. The molecule has 0 aliphatic carbocycles. The van der Waals surface area contributed by atoms with Crippen LogP contribution in [0.3, 0.4) is 0 Å². The third kappa shape index (κ3) is 4.14. The number of rotatable bonds is 6. The summed E-state index contributed by atoms with van der Waals surface area (Å²) in [6, 6.07) is 8.76. The van der Waals surface area contributed by atoms with Crippen LogP contribution in [0.2, 0.25) is 0 Å². The lowest BCUT2D eigenvalue weighted by Gasteiger charge is -2.09. The Kier molecular flexibility index (Phi) is 5.04. The number of nitro benzene ring substituents is 1. The normalized spacial score (nSPS) is 9.96. The van der Waals surface area contributed by atoms with E-state index in [-0.39, 0.29) is 35.8 Å². The first-order valence-electron chi connectivity index (χ1n) is 6.51. The molecular formula is C15H11F2N3O3. The number of nitrogens with zero attached hydrogens (tertiary/aromatic N) is 2. The second-order valence-corrected chi connectivity index (χ2v) is 4.45. The van der Waals surface area contributed by atoms with Gasteiger partial charge in [0.05, 0.1) is 16.6 Å². The van der Waals surface area contributed by atoms with Crippen LogP contribution in [0.1, 0.15) is 5.56 Å². The molecule has 0 fully saturated rings. The molecule has 8 heteroatoms. The molecule has 0 bridgehead atoms. The zero-order valence-corrected chi connectivity index (χ0v) is 11.8. The highest BCUT2D eigenvalue weighted by Crippen LogP contribution is 2.25. The van der Waals surface area contributed by atoms with Gasteiger partial charge in [0, 0.05) is 18.7 Å². The Balaban J connectivity index is 1.96. The van der Waals surface area contributed by atoms with Crippen LogP contribution in [0, 0.1) is 33.1 Å². The summed E-state index contributed by atoms with van der Waals surface area (Å²) in [4.78, 5) is 10.4. The van der Waals surface area contributed by atoms with Crippen molar-refractivity contribution in [1.82, 2.24) is 0 Å². The number of anilines is 1. The van der Waals surface area contributed by atoms with Crippen LogP contribution < -0.4 is 10.1 Å². The Morgan fingerprint density at radius 2 is 2.04 bits per heavy atom. The average molecular weight is 319 g/mol. The second-order valence-electron chi connectivity index (χ2n) is 4.45. The number of hydrogen-bond acceptors (Lipinski definition) is 5. The molecule has 118 valence electrons. The fourth-order valence-corrected chi connectivity index (χ4v) is 1.84. The van der Waals surface area contributed by atoms with Gasteiger partial charge >= 0.3 is 0 Å². The summed E-state index contributed by atoms with van der Waals surface area (Å²) in [5, 5.41) is 22.5. The third-order valence-electron chi connectivity index (χ3n) is 2.89. The Morgan fingerprint density at radius 3 is 2.70 bits per heavy atom. The number of ether oxygens (including phenoxy) is 1. The first kappa shape index (κ1) is 16.2. The first-order chi connectivity index (χ1) is 11.0. The van der Waals surface area contributed by atoms with E-state index in [0.717, 1.165) is 18.2 Å². The SMILES string of the molecule is N#Cc1ccc(NCCOc2ccc(F)cc2F)c([N+](=O)[O-])c1. The Hall–Kier alpha value is -3.21. The maximum absolute atomic E-state index is 13.3. The van der Waals surface area contributed by atoms with Gasteiger partial charge in [0.25, 0.3) is 5.69 Å². The highest BCUT2D eigenvalue weighted by molar-refractivity contribution is 5.64. The number of hydrogen-bond donors (Lipinski definition) is 1. The van der Waals surface area contributed by atoms with Crippen molar-refractivity contribution < 1.29 is 18.4 Å². The third-order valence-corrected chi connectivity index (χ3v) is 2.89. The molecule has 2 aromatic carbocycles. The lowest BCUT2D eigenvalue weighted by atomic mass is 10.2. The van der Waals surface area contributed by atoms with Gasteiger partial charge in [-0.25, -0.2) is 8.78 Å². The number of nitrogens with one attached hydrogen (secondary N) is 1. The van der Waals surface area contributed by atoms with Crippen molar-refractivity contribution in [3.8, 4) is 11.8 Å². The van der Waals surface area contributed by atoms with E-state index < -0.39 is 16.6 Å². The molecule has 23 heavy (non-hydrogen) atoms. The van der Waals surface area contributed by atoms with Gasteiger partial charge in [-0.15, -0.1) is 0 Å². The van der Waals surface area contributed by atoms with E-state index in [2.05, 4.69) is 5.32 Å². The van der Waals surface area contributed by atoms with E-state index in [9.17, 15) is 18.9 Å². The molecule has 0 aromatic heterocycles. The van der Waals surface area contributed by atoms with Crippen LogP contribution in [0.4, 0.5) is 20.2 Å². The lowest BCUT2D eigenvalue weighted by molar-refractivity contribution is -0.384. The number of nitriles is 1. The van der Waals surface area contributed by atoms with Crippen molar-refractivity contribution in [2.24, 2.45) is 0 Å². The van der Waals surface area contributed by atoms with E-state index in [4.69, 9.17) is 10.00 Å². The minimum absolute atomic E-state index is 0.0136. The largest absolute Gasteiger partial charge is 0.489 e. The van der Waals surface area contributed by atoms with Gasteiger partial charge in [-0.2, -0.15) is 5.26 Å². The standard InChI is InChI=1S/C15H11F2N3O3/c16-11-2-4-15(12(17)8-11)23-6-5-19-13-3-1-10(9-18)7-14(13)20(21)22/h1-4,7-8,19H,5-6H2. The summed E-state index contributed by atoms with van der Waals surface area (Å²) in [6.45, 7) is 0.170. The summed E-state index contributed by atoms with van der Waals surface area (Å²) in [6.07, 6.45) is 0. The van der Waals surface area contributed by atoms with Gasteiger partial charge in [0.15, 0.2) is 11.6 Å². The summed E-state index contributed by atoms with van der Waals surface area (Å²) >= 11 is 0. The maximum atomic E-state index is 13.3. The second kappa shape index (κ2) is 7.17. The summed E-state index contributed by atoms with van der Waals surface area (Å²) in [5.74, 6) is -1.64. The molecule has 6 nitrogen and oxygen atoms in total. The molecule has 0 amide bonds. The van der Waals surface area contributed by atoms with E-state index in [1.165, 1.54) is 12.1 Å².